The SMILES string of the molecule is CCC(C)(C)NC(=O)CNc1cc(Br)ccc1OC. The molecule has 0 aromatic heterocycles. The Morgan fingerprint density at radius 2 is 2.11 bits per heavy atom. The number of anilines is 1. The number of carbonyl (C=O) groups excluding carboxylic acids is 1. The molecule has 0 saturated carbocycles. The first-order valence-corrected chi connectivity index (χ1v) is 7.05. The van der Waals surface area contributed by atoms with Gasteiger partial charge < -0.3 is 15.4 Å². The fraction of sp³-hybridized carbons (Fsp3) is 0.500. The number of hydrogen-bond donors (Lipinski definition) is 2. The molecule has 0 fully saturated rings. The summed E-state index contributed by atoms with van der Waals surface area (Å²) in [6.45, 7) is 6.27. The zero-order valence-corrected chi connectivity index (χ0v) is 13.4. The maximum atomic E-state index is 11.8. The highest BCUT2D eigenvalue weighted by Crippen LogP contribution is 2.27. The van der Waals surface area contributed by atoms with Gasteiger partial charge in [-0.05, 0) is 38.5 Å². The topological polar surface area (TPSA) is 50.4 Å². The highest BCUT2D eigenvalue weighted by molar-refractivity contribution is 9.10. The zero-order valence-electron chi connectivity index (χ0n) is 11.8. The molecule has 4 nitrogen and oxygen atoms in total. The van der Waals surface area contributed by atoms with Crippen molar-refractivity contribution in [2.45, 2.75) is 32.7 Å². The first-order valence-electron chi connectivity index (χ1n) is 6.26. The van der Waals surface area contributed by atoms with Crippen LogP contribution in [0.3, 0.4) is 0 Å². The van der Waals surface area contributed by atoms with Crippen LogP contribution in [-0.4, -0.2) is 25.1 Å². The van der Waals surface area contributed by atoms with E-state index in [0.717, 1.165) is 16.6 Å². The summed E-state index contributed by atoms with van der Waals surface area (Å²) in [7, 11) is 1.61. The van der Waals surface area contributed by atoms with E-state index in [-0.39, 0.29) is 18.0 Å². The van der Waals surface area contributed by atoms with Crippen LogP contribution in [0.5, 0.6) is 5.75 Å². The molecular formula is C14H21BrN2O2. The first kappa shape index (κ1) is 15.8. The second-order valence-corrected chi connectivity index (χ2v) is 5.90. The van der Waals surface area contributed by atoms with Gasteiger partial charge in [-0.1, -0.05) is 22.9 Å². The highest BCUT2D eigenvalue weighted by Gasteiger charge is 2.17. The summed E-state index contributed by atoms with van der Waals surface area (Å²) in [5.41, 5.74) is 0.612. The lowest BCUT2D eigenvalue weighted by molar-refractivity contribution is -0.121. The second kappa shape index (κ2) is 6.80. The van der Waals surface area contributed by atoms with Crippen molar-refractivity contribution in [3.63, 3.8) is 0 Å². The van der Waals surface area contributed by atoms with Crippen LogP contribution in [0.15, 0.2) is 22.7 Å². The number of amides is 1. The normalized spacial score (nSPS) is 11.0. The van der Waals surface area contributed by atoms with Crippen LogP contribution < -0.4 is 15.4 Å². The third kappa shape index (κ3) is 5.11. The van der Waals surface area contributed by atoms with Gasteiger partial charge in [-0.25, -0.2) is 0 Å². The smallest absolute Gasteiger partial charge is 0.239 e. The number of hydrogen-bond acceptors (Lipinski definition) is 3. The first-order chi connectivity index (χ1) is 8.88. The van der Waals surface area contributed by atoms with Gasteiger partial charge in [-0.2, -0.15) is 0 Å². The van der Waals surface area contributed by atoms with Crippen LogP contribution in [0.25, 0.3) is 0 Å². The fourth-order valence-corrected chi connectivity index (χ4v) is 1.86. The third-order valence-electron chi connectivity index (χ3n) is 2.96. The van der Waals surface area contributed by atoms with Crippen LogP contribution in [0.2, 0.25) is 0 Å². The van der Waals surface area contributed by atoms with E-state index in [0.29, 0.717) is 5.75 Å². The number of carbonyl (C=O) groups is 1. The molecule has 1 rings (SSSR count). The lowest BCUT2D eigenvalue weighted by Crippen LogP contribution is -2.45. The number of benzene rings is 1. The molecule has 0 atom stereocenters. The Bertz CT molecular complexity index is 447. The van der Waals surface area contributed by atoms with Crippen LogP contribution in [0, 0.1) is 0 Å². The number of halogens is 1. The Morgan fingerprint density at radius 3 is 2.68 bits per heavy atom. The quantitative estimate of drug-likeness (QED) is 0.843. The van der Waals surface area contributed by atoms with E-state index in [1.54, 1.807) is 7.11 Å². The van der Waals surface area contributed by atoms with Gasteiger partial charge in [0.1, 0.15) is 5.75 Å². The molecular weight excluding hydrogens is 308 g/mol. The second-order valence-electron chi connectivity index (χ2n) is 4.98. The van der Waals surface area contributed by atoms with E-state index in [1.807, 2.05) is 39.0 Å². The molecule has 0 spiro atoms. The number of rotatable bonds is 6. The predicted octanol–water partition coefficient (Wildman–Crippen LogP) is 3.17. The molecule has 0 aliphatic heterocycles. The Balaban J connectivity index is 2.62. The molecule has 0 radical (unpaired) electrons. The molecule has 0 unspecified atom stereocenters. The van der Waals surface area contributed by atoms with E-state index < -0.39 is 0 Å². The molecule has 0 aliphatic carbocycles. The largest absolute Gasteiger partial charge is 0.495 e. The van der Waals surface area contributed by atoms with E-state index in [4.69, 9.17) is 4.74 Å². The molecule has 5 heteroatoms. The van der Waals surface area contributed by atoms with E-state index >= 15 is 0 Å². The Labute approximate surface area is 123 Å². The Morgan fingerprint density at radius 1 is 1.42 bits per heavy atom. The molecule has 0 bridgehead atoms. The van der Waals surface area contributed by atoms with Gasteiger partial charge in [0.05, 0.1) is 19.3 Å². The summed E-state index contributed by atoms with van der Waals surface area (Å²) in [4.78, 5) is 11.8. The van der Waals surface area contributed by atoms with Crippen molar-refractivity contribution in [3.8, 4) is 5.75 Å². The minimum atomic E-state index is -0.180. The van der Waals surface area contributed by atoms with Crippen LogP contribution in [-0.2, 0) is 4.79 Å². The fourth-order valence-electron chi connectivity index (χ4n) is 1.50. The minimum Gasteiger partial charge on any atom is -0.495 e. The van der Waals surface area contributed by atoms with Crippen molar-refractivity contribution in [3.05, 3.63) is 22.7 Å². The van der Waals surface area contributed by atoms with Gasteiger partial charge in [0.15, 0.2) is 0 Å². The average molecular weight is 329 g/mol. The van der Waals surface area contributed by atoms with Crippen molar-refractivity contribution in [2.24, 2.45) is 0 Å². The van der Waals surface area contributed by atoms with Gasteiger partial charge >= 0.3 is 0 Å². The average Bonchev–Trinajstić information content (AvgIpc) is 2.36. The van der Waals surface area contributed by atoms with Crippen molar-refractivity contribution in [1.82, 2.24) is 5.32 Å². The lowest BCUT2D eigenvalue weighted by Gasteiger charge is -2.24. The maximum Gasteiger partial charge on any atom is 0.239 e. The predicted molar refractivity (Wildman–Crippen MR) is 81.7 cm³/mol. The summed E-state index contributed by atoms with van der Waals surface area (Å²) in [5.74, 6) is 0.680. The monoisotopic (exact) mass is 328 g/mol. The van der Waals surface area contributed by atoms with Gasteiger partial charge in [-0.15, -0.1) is 0 Å². The van der Waals surface area contributed by atoms with Gasteiger partial charge in [0.25, 0.3) is 0 Å². The van der Waals surface area contributed by atoms with E-state index in [2.05, 4.69) is 26.6 Å². The molecule has 1 aromatic rings. The highest BCUT2D eigenvalue weighted by atomic mass is 79.9. The van der Waals surface area contributed by atoms with Gasteiger partial charge in [0.2, 0.25) is 5.91 Å². The summed E-state index contributed by atoms with van der Waals surface area (Å²) in [6.07, 6.45) is 0.888. The molecule has 0 aliphatic rings. The maximum absolute atomic E-state index is 11.8. The summed E-state index contributed by atoms with van der Waals surface area (Å²) in [6, 6.07) is 5.63. The zero-order chi connectivity index (χ0) is 14.5. The third-order valence-corrected chi connectivity index (χ3v) is 3.46. The molecule has 2 N–H and O–H groups in total. The number of methoxy groups -OCH3 is 1. The Kier molecular flexibility index (Phi) is 5.66. The van der Waals surface area contributed by atoms with Gasteiger partial charge in [-0.3, -0.25) is 4.79 Å². The molecule has 19 heavy (non-hydrogen) atoms. The molecule has 106 valence electrons. The van der Waals surface area contributed by atoms with Crippen LogP contribution in [0.4, 0.5) is 5.69 Å². The minimum absolute atomic E-state index is 0.0334. The molecule has 0 heterocycles. The van der Waals surface area contributed by atoms with E-state index in [9.17, 15) is 4.79 Å². The van der Waals surface area contributed by atoms with Crippen molar-refractivity contribution >= 4 is 27.5 Å². The van der Waals surface area contributed by atoms with Crippen molar-refractivity contribution in [2.75, 3.05) is 19.0 Å². The molecule has 1 amide bonds. The number of nitrogens with one attached hydrogen (secondary N) is 2. The van der Waals surface area contributed by atoms with Crippen molar-refractivity contribution < 1.29 is 9.53 Å². The summed E-state index contributed by atoms with van der Waals surface area (Å²) in [5, 5.41) is 6.06. The van der Waals surface area contributed by atoms with Crippen LogP contribution in [0.1, 0.15) is 27.2 Å². The summed E-state index contributed by atoms with van der Waals surface area (Å²) < 4.78 is 6.17. The molecule has 1 aromatic carbocycles. The lowest BCUT2D eigenvalue weighted by atomic mass is 10.0. The summed E-state index contributed by atoms with van der Waals surface area (Å²) >= 11 is 3.40. The van der Waals surface area contributed by atoms with E-state index in [1.165, 1.54) is 0 Å². The van der Waals surface area contributed by atoms with Crippen molar-refractivity contribution in [1.29, 1.82) is 0 Å². The molecule has 0 saturated heterocycles. The standard InChI is InChI=1S/C14H21BrN2O2/c1-5-14(2,3)17-13(18)9-16-11-8-10(15)6-7-12(11)19-4/h6-8,16H,5,9H2,1-4H3,(H,17,18). The Hall–Kier alpha value is -1.23. The number of ether oxygens (including phenoxy) is 1. The van der Waals surface area contributed by atoms with Crippen LogP contribution >= 0.6 is 15.9 Å². The van der Waals surface area contributed by atoms with Gasteiger partial charge in [0, 0.05) is 10.0 Å².